The fraction of sp³-hybridized carbons (Fsp3) is 0.579. The molecule has 1 spiro atoms. The van der Waals surface area contributed by atoms with Gasteiger partial charge in [0, 0.05) is 19.0 Å². The third-order valence-corrected chi connectivity index (χ3v) is 5.77. The zero-order valence-corrected chi connectivity index (χ0v) is 15.3. The molecule has 0 bridgehead atoms. The molecule has 2 heterocycles. The van der Waals surface area contributed by atoms with Crippen molar-refractivity contribution in [2.45, 2.75) is 44.2 Å². The smallest absolute Gasteiger partial charge is 0.416 e. The molecule has 1 N–H and O–H groups in total. The maximum Gasteiger partial charge on any atom is 0.416 e. The Morgan fingerprint density at radius 1 is 1.36 bits per heavy atom. The highest BCUT2D eigenvalue weighted by atomic mass is 19.4. The van der Waals surface area contributed by atoms with Crippen LogP contribution in [0.3, 0.4) is 0 Å². The topological polar surface area (TPSA) is 67.9 Å². The first-order chi connectivity index (χ1) is 13.2. The van der Waals surface area contributed by atoms with E-state index in [9.17, 15) is 22.8 Å². The van der Waals surface area contributed by atoms with Gasteiger partial charge in [-0.3, -0.25) is 4.79 Å². The molecule has 3 aliphatic rings. The quantitative estimate of drug-likeness (QED) is 0.847. The second-order valence-electron chi connectivity index (χ2n) is 7.90. The summed E-state index contributed by atoms with van der Waals surface area (Å²) >= 11 is 0. The predicted molar refractivity (Wildman–Crippen MR) is 91.3 cm³/mol. The predicted octanol–water partition coefficient (Wildman–Crippen LogP) is 2.63. The number of alkyl carbamates (subject to hydrolysis) is 1. The first kappa shape index (κ1) is 19.0. The van der Waals surface area contributed by atoms with Crippen molar-refractivity contribution >= 4 is 12.0 Å². The van der Waals surface area contributed by atoms with Crippen LogP contribution in [0.5, 0.6) is 0 Å². The third kappa shape index (κ3) is 3.55. The van der Waals surface area contributed by atoms with E-state index >= 15 is 0 Å². The average Bonchev–Trinajstić information content (AvgIpc) is 2.94. The number of alkyl halides is 3. The zero-order valence-electron chi connectivity index (χ0n) is 15.3. The Morgan fingerprint density at radius 2 is 2.07 bits per heavy atom. The molecule has 28 heavy (non-hydrogen) atoms. The van der Waals surface area contributed by atoms with Crippen LogP contribution in [0.15, 0.2) is 18.2 Å². The number of rotatable bonds is 4. The number of benzene rings is 1. The summed E-state index contributed by atoms with van der Waals surface area (Å²) in [6.07, 6.45) is -3.72. The minimum Gasteiger partial charge on any atom is -0.447 e. The number of likely N-dealkylation sites (tertiary alicyclic amines) is 1. The molecule has 6 nitrogen and oxygen atoms in total. The Kier molecular flexibility index (Phi) is 4.52. The van der Waals surface area contributed by atoms with Gasteiger partial charge in [-0.25, -0.2) is 4.79 Å². The molecule has 4 rings (SSSR count). The first-order valence-corrected chi connectivity index (χ1v) is 9.17. The normalized spacial score (nSPS) is 27.2. The lowest BCUT2D eigenvalue weighted by Crippen LogP contribution is -2.62. The van der Waals surface area contributed by atoms with Crippen molar-refractivity contribution in [3.8, 4) is 0 Å². The molecule has 1 saturated carbocycles. The first-order valence-electron chi connectivity index (χ1n) is 9.17. The maximum atomic E-state index is 12.7. The van der Waals surface area contributed by atoms with E-state index in [1.165, 1.54) is 6.07 Å². The number of carbonyl (C=O) groups is 2. The van der Waals surface area contributed by atoms with Crippen molar-refractivity contribution in [1.82, 2.24) is 10.2 Å². The van der Waals surface area contributed by atoms with Gasteiger partial charge in [0.05, 0.1) is 23.8 Å². The van der Waals surface area contributed by atoms with Crippen molar-refractivity contribution in [3.05, 3.63) is 34.9 Å². The number of ether oxygens (including phenoxy) is 2. The molecule has 2 aliphatic heterocycles. The number of hydrogen-bond acceptors (Lipinski definition) is 4. The van der Waals surface area contributed by atoms with Gasteiger partial charge < -0.3 is 19.7 Å². The van der Waals surface area contributed by atoms with Gasteiger partial charge in [0.1, 0.15) is 6.61 Å². The summed E-state index contributed by atoms with van der Waals surface area (Å²) in [6, 6.07) is 3.61. The summed E-state index contributed by atoms with van der Waals surface area (Å²) in [4.78, 5) is 25.3. The Bertz CT molecular complexity index is 799. The largest absolute Gasteiger partial charge is 0.447 e. The second-order valence-corrected chi connectivity index (χ2v) is 7.90. The molecule has 2 saturated heterocycles. The van der Waals surface area contributed by atoms with E-state index in [1.807, 2.05) is 0 Å². The van der Waals surface area contributed by atoms with Crippen LogP contribution in [0, 0.1) is 12.8 Å². The van der Waals surface area contributed by atoms with Crippen LogP contribution in [-0.2, 0) is 27.1 Å². The molecule has 0 unspecified atom stereocenters. The van der Waals surface area contributed by atoms with Gasteiger partial charge >= 0.3 is 12.3 Å². The summed E-state index contributed by atoms with van der Waals surface area (Å²) in [5.41, 5.74) is 0.188. The van der Waals surface area contributed by atoms with Crippen LogP contribution in [0.1, 0.15) is 29.5 Å². The third-order valence-electron chi connectivity index (χ3n) is 5.77. The highest BCUT2D eigenvalue weighted by Crippen LogP contribution is 2.42. The highest BCUT2D eigenvalue weighted by Gasteiger charge is 2.54. The maximum absolute atomic E-state index is 12.7. The van der Waals surface area contributed by atoms with Crippen molar-refractivity contribution in [3.63, 3.8) is 0 Å². The van der Waals surface area contributed by atoms with Gasteiger partial charge in [-0.15, -0.1) is 0 Å². The molecule has 1 aromatic carbocycles. The van der Waals surface area contributed by atoms with E-state index < -0.39 is 17.8 Å². The van der Waals surface area contributed by atoms with Gasteiger partial charge in [-0.05, 0) is 43.0 Å². The minimum atomic E-state index is -4.35. The summed E-state index contributed by atoms with van der Waals surface area (Å²) in [5, 5.41) is 2.77. The van der Waals surface area contributed by atoms with Crippen LogP contribution >= 0.6 is 0 Å². The minimum absolute atomic E-state index is 0.0531. The van der Waals surface area contributed by atoms with Crippen LogP contribution in [0.25, 0.3) is 0 Å². The molecule has 1 aliphatic carbocycles. The lowest BCUT2D eigenvalue weighted by atomic mass is 9.68. The van der Waals surface area contributed by atoms with Crippen molar-refractivity contribution < 1.29 is 32.2 Å². The Balaban J connectivity index is 1.21. The number of halogens is 3. The molecule has 1 aromatic rings. The molecule has 0 aromatic heterocycles. The van der Waals surface area contributed by atoms with Crippen molar-refractivity contribution in [2.75, 3.05) is 19.7 Å². The average molecular weight is 398 g/mol. The standard InChI is InChI=1S/C19H21F3N2O4/c1-11-4-14(19(20,21)22)3-2-12(11)9-27-15-7-24(8-15)16(25)13-5-18(6-13)10-28-17(26)23-18/h2-4,13,15H,5-10H2,1H3,(H,23,26)/t13-,18-. The van der Waals surface area contributed by atoms with Crippen LogP contribution in [-0.4, -0.2) is 48.2 Å². The molecule has 0 radical (unpaired) electrons. The number of hydrogen-bond donors (Lipinski definition) is 1. The van der Waals surface area contributed by atoms with E-state index in [1.54, 1.807) is 11.8 Å². The molecule has 0 atom stereocenters. The van der Waals surface area contributed by atoms with E-state index in [2.05, 4.69) is 5.32 Å². The zero-order chi connectivity index (χ0) is 20.1. The summed E-state index contributed by atoms with van der Waals surface area (Å²) in [7, 11) is 0. The Morgan fingerprint density at radius 3 is 2.64 bits per heavy atom. The van der Waals surface area contributed by atoms with Gasteiger partial charge in [0.2, 0.25) is 5.91 Å². The fourth-order valence-corrected chi connectivity index (χ4v) is 3.99. The number of aryl methyl sites for hydroxylation is 1. The lowest BCUT2D eigenvalue weighted by molar-refractivity contribution is -0.155. The molecule has 152 valence electrons. The summed E-state index contributed by atoms with van der Waals surface area (Å²) in [5.74, 6) is -0.0579. The van der Waals surface area contributed by atoms with Gasteiger partial charge in [0.15, 0.2) is 0 Å². The van der Waals surface area contributed by atoms with Crippen molar-refractivity contribution in [2.24, 2.45) is 5.92 Å². The number of nitrogens with one attached hydrogen (secondary N) is 1. The Hall–Kier alpha value is -2.29. The monoisotopic (exact) mass is 398 g/mol. The summed E-state index contributed by atoms with van der Waals surface area (Å²) in [6.45, 7) is 3.11. The van der Waals surface area contributed by atoms with E-state index in [0.29, 0.717) is 43.7 Å². The number of carbonyl (C=O) groups excluding carboxylic acids is 2. The molecule has 2 amide bonds. The SMILES string of the molecule is Cc1cc(C(F)(F)F)ccc1COC1CN(C(=O)[C@H]2C[C@@]3(COC(=O)N3)C2)C1. The van der Waals surface area contributed by atoms with E-state index in [4.69, 9.17) is 9.47 Å². The lowest BCUT2D eigenvalue weighted by Gasteiger charge is -2.47. The highest BCUT2D eigenvalue weighted by molar-refractivity contribution is 5.82. The fourth-order valence-electron chi connectivity index (χ4n) is 3.99. The van der Waals surface area contributed by atoms with Gasteiger partial charge in [-0.2, -0.15) is 13.2 Å². The van der Waals surface area contributed by atoms with Crippen LogP contribution < -0.4 is 5.32 Å². The van der Waals surface area contributed by atoms with Crippen LogP contribution in [0.4, 0.5) is 18.0 Å². The molecule has 9 heteroatoms. The molecule has 3 fully saturated rings. The second kappa shape index (κ2) is 6.65. The summed E-state index contributed by atoms with van der Waals surface area (Å²) < 4.78 is 48.8. The number of amides is 2. The van der Waals surface area contributed by atoms with Crippen molar-refractivity contribution in [1.29, 1.82) is 0 Å². The number of nitrogens with zero attached hydrogens (tertiary/aromatic N) is 1. The van der Waals surface area contributed by atoms with Gasteiger partial charge in [0.25, 0.3) is 0 Å². The van der Waals surface area contributed by atoms with Crippen LogP contribution in [0.2, 0.25) is 0 Å². The number of cyclic esters (lactones) is 1. The van der Waals surface area contributed by atoms with E-state index in [-0.39, 0.29) is 30.1 Å². The van der Waals surface area contributed by atoms with Gasteiger partial charge in [-0.1, -0.05) is 6.07 Å². The Labute approximate surface area is 160 Å². The molecular weight excluding hydrogens is 377 g/mol. The molecular formula is C19H21F3N2O4. The van der Waals surface area contributed by atoms with E-state index in [0.717, 1.165) is 12.1 Å².